The summed E-state index contributed by atoms with van der Waals surface area (Å²) in [6.45, 7) is 7.47. The van der Waals surface area contributed by atoms with Crippen molar-refractivity contribution in [2.24, 2.45) is 5.41 Å². The highest BCUT2D eigenvalue weighted by atomic mass is 16.5. The van der Waals surface area contributed by atoms with Crippen molar-refractivity contribution in [1.82, 2.24) is 4.90 Å². The van der Waals surface area contributed by atoms with Crippen LogP contribution in [-0.2, 0) is 4.74 Å². The molecule has 1 heterocycles. The molecule has 2 rings (SSSR count). The quantitative estimate of drug-likeness (QED) is 0.772. The van der Waals surface area contributed by atoms with Crippen molar-refractivity contribution >= 4 is 0 Å². The number of rotatable bonds is 5. The average Bonchev–Trinajstić information content (AvgIpc) is 2.39. The summed E-state index contributed by atoms with van der Waals surface area (Å²) in [7, 11) is 0. The minimum absolute atomic E-state index is 0.00365. The number of aliphatic hydroxyl groups excluding tert-OH is 2. The fraction of sp³-hybridized carbons (Fsp3) is 1.00. The van der Waals surface area contributed by atoms with E-state index in [1.165, 1.54) is 0 Å². The van der Waals surface area contributed by atoms with Gasteiger partial charge in [-0.3, -0.25) is 0 Å². The normalized spacial score (nSPS) is 33.3. The SMILES string of the molecule is CCOC1CC(O)C12CCN(C[C@H](O)CC)CC2. The molecule has 3 atom stereocenters. The Morgan fingerprint density at radius 3 is 2.50 bits per heavy atom. The monoisotopic (exact) mass is 257 g/mol. The van der Waals surface area contributed by atoms with Crippen LogP contribution < -0.4 is 0 Å². The van der Waals surface area contributed by atoms with Gasteiger partial charge in [0.25, 0.3) is 0 Å². The lowest BCUT2D eigenvalue weighted by molar-refractivity contribution is -0.210. The first kappa shape index (κ1) is 14.3. The van der Waals surface area contributed by atoms with Gasteiger partial charge in [0.15, 0.2) is 0 Å². The maximum Gasteiger partial charge on any atom is 0.0681 e. The Balaban J connectivity index is 1.85. The third kappa shape index (κ3) is 2.57. The molecule has 1 saturated carbocycles. The lowest BCUT2D eigenvalue weighted by Gasteiger charge is -2.56. The van der Waals surface area contributed by atoms with Crippen LogP contribution in [-0.4, -0.2) is 59.7 Å². The first-order valence-electron chi connectivity index (χ1n) is 7.32. The number of ether oxygens (including phenoxy) is 1. The summed E-state index contributed by atoms with van der Waals surface area (Å²) in [5, 5.41) is 19.8. The Morgan fingerprint density at radius 2 is 2.00 bits per heavy atom. The summed E-state index contributed by atoms with van der Waals surface area (Å²) < 4.78 is 5.75. The maximum absolute atomic E-state index is 10.1. The van der Waals surface area contributed by atoms with Crippen LogP contribution in [0.2, 0.25) is 0 Å². The molecule has 1 aliphatic heterocycles. The minimum atomic E-state index is -0.215. The number of aliphatic hydroxyl groups is 2. The molecule has 1 aliphatic carbocycles. The molecule has 2 unspecified atom stereocenters. The molecule has 4 nitrogen and oxygen atoms in total. The van der Waals surface area contributed by atoms with Crippen LogP contribution >= 0.6 is 0 Å². The minimum Gasteiger partial charge on any atom is -0.392 e. The molecule has 0 aromatic carbocycles. The molecule has 18 heavy (non-hydrogen) atoms. The molecule has 0 aromatic rings. The predicted octanol–water partition coefficient (Wildman–Crippen LogP) is 1.01. The fourth-order valence-electron chi connectivity index (χ4n) is 3.40. The second kappa shape index (κ2) is 5.87. The van der Waals surface area contributed by atoms with Crippen molar-refractivity contribution in [2.45, 2.75) is 57.8 Å². The summed E-state index contributed by atoms with van der Waals surface area (Å²) >= 11 is 0. The predicted molar refractivity (Wildman–Crippen MR) is 70.4 cm³/mol. The molecule has 106 valence electrons. The zero-order chi connectivity index (χ0) is 13.2. The molecule has 0 amide bonds. The van der Waals surface area contributed by atoms with E-state index in [1.54, 1.807) is 0 Å². The van der Waals surface area contributed by atoms with Gasteiger partial charge in [0, 0.05) is 25.0 Å². The Kier molecular flexibility index (Phi) is 4.64. The summed E-state index contributed by atoms with van der Waals surface area (Å²) in [5.41, 5.74) is 0.00365. The van der Waals surface area contributed by atoms with Crippen LogP contribution in [0.4, 0.5) is 0 Å². The smallest absolute Gasteiger partial charge is 0.0681 e. The van der Waals surface area contributed by atoms with E-state index < -0.39 is 0 Å². The highest BCUT2D eigenvalue weighted by Crippen LogP contribution is 2.50. The third-order valence-corrected chi connectivity index (χ3v) is 4.84. The fourth-order valence-corrected chi connectivity index (χ4v) is 3.40. The van der Waals surface area contributed by atoms with Gasteiger partial charge in [-0.25, -0.2) is 0 Å². The Hall–Kier alpha value is -0.160. The van der Waals surface area contributed by atoms with Gasteiger partial charge in [0.2, 0.25) is 0 Å². The second-order valence-corrected chi connectivity index (χ2v) is 5.79. The number of piperidine rings is 1. The number of β-amino-alcohol motifs (C(OH)–C–C–N with tert-alkyl or cyclic N) is 1. The number of hydrogen-bond donors (Lipinski definition) is 2. The summed E-state index contributed by atoms with van der Waals surface area (Å²) in [5.74, 6) is 0. The molecule has 0 bridgehead atoms. The van der Waals surface area contributed by atoms with Gasteiger partial charge in [-0.2, -0.15) is 0 Å². The number of likely N-dealkylation sites (tertiary alicyclic amines) is 1. The Labute approximate surface area is 110 Å². The van der Waals surface area contributed by atoms with Gasteiger partial charge in [0.05, 0.1) is 18.3 Å². The third-order valence-electron chi connectivity index (χ3n) is 4.84. The van der Waals surface area contributed by atoms with E-state index in [4.69, 9.17) is 4.74 Å². The van der Waals surface area contributed by atoms with Gasteiger partial charge in [-0.1, -0.05) is 6.92 Å². The molecule has 2 aliphatic rings. The topological polar surface area (TPSA) is 52.9 Å². The van der Waals surface area contributed by atoms with E-state index in [0.29, 0.717) is 0 Å². The number of hydrogen-bond acceptors (Lipinski definition) is 4. The summed E-state index contributed by atoms with van der Waals surface area (Å²) in [4.78, 5) is 2.31. The van der Waals surface area contributed by atoms with Gasteiger partial charge >= 0.3 is 0 Å². The lowest BCUT2D eigenvalue weighted by atomic mass is 9.58. The van der Waals surface area contributed by atoms with Gasteiger partial charge in [-0.15, -0.1) is 0 Å². The molecule has 0 radical (unpaired) electrons. The molecule has 1 saturated heterocycles. The largest absolute Gasteiger partial charge is 0.392 e. The summed E-state index contributed by atoms with van der Waals surface area (Å²) in [6, 6.07) is 0. The average molecular weight is 257 g/mol. The second-order valence-electron chi connectivity index (χ2n) is 5.79. The van der Waals surface area contributed by atoms with Gasteiger partial charge in [0.1, 0.15) is 0 Å². The standard InChI is InChI=1S/C14H27NO3/c1-3-11(16)10-15-7-5-14(6-8-15)12(17)9-13(14)18-4-2/h11-13,16-17H,3-10H2,1-2H3/t11-,12?,13?/m1/s1. The first-order chi connectivity index (χ1) is 8.62. The van der Waals surface area contributed by atoms with Crippen molar-refractivity contribution in [3.8, 4) is 0 Å². The van der Waals surface area contributed by atoms with Crippen LogP contribution in [0.1, 0.15) is 39.5 Å². The van der Waals surface area contributed by atoms with Gasteiger partial charge < -0.3 is 19.8 Å². The van der Waals surface area contributed by atoms with E-state index in [-0.39, 0.29) is 23.7 Å². The van der Waals surface area contributed by atoms with Crippen molar-refractivity contribution in [3.05, 3.63) is 0 Å². The maximum atomic E-state index is 10.1. The van der Waals surface area contributed by atoms with E-state index in [0.717, 1.165) is 51.9 Å². The van der Waals surface area contributed by atoms with E-state index >= 15 is 0 Å². The van der Waals surface area contributed by atoms with E-state index in [9.17, 15) is 10.2 Å². The zero-order valence-corrected chi connectivity index (χ0v) is 11.6. The zero-order valence-electron chi connectivity index (χ0n) is 11.6. The summed E-state index contributed by atoms with van der Waals surface area (Å²) in [6.07, 6.45) is 3.44. The van der Waals surface area contributed by atoms with Gasteiger partial charge in [-0.05, 0) is 39.3 Å². The molecular formula is C14H27NO3. The van der Waals surface area contributed by atoms with Crippen LogP contribution in [0.5, 0.6) is 0 Å². The Bertz CT molecular complexity index is 262. The molecular weight excluding hydrogens is 230 g/mol. The lowest BCUT2D eigenvalue weighted by Crippen LogP contribution is -2.62. The van der Waals surface area contributed by atoms with Crippen molar-refractivity contribution in [3.63, 3.8) is 0 Å². The Morgan fingerprint density at radius 1 is 1.33 bits per heavy atom. The van der Waals surface area contributed by atoms with Crippen molar-refractivity contribution in [1.29, 1.82) is 0 Å². The molecule has 2 fully saturated rings. The highest BCUT2D eigenvalue weighted by molar-refractivity contribution is 5.06. The molecule has 2 N–H and O–H groups in total. The number of nitrogens with zero attached hydrogens (tertiary/aromatic N) is 1. The van der Waals surface area contributed by atoms with Crippen LogP contribution in [0.15, 0.2) is 0 Å². The molecule has 4 heteroatoms. The van der Waals surface area contributed by atoms with E-state index in [1.807, 2.05) is 13.8 Å². The van der Waals surface area contributed by atoms with Crippen LogP contribution in [0.25, 0.3) is 0 Å². The molecule has 1 spiro atoms. The first-order valence-corrected chi connectivity index (χ1v) is 7.32. The van der Waals surface area contributed by atoms with Crippen LogP contribution in [0.3, 0.4) is 0 Å². The molecule has 0 aromatic heterocycles. The van der Waals surface area contributed by atoms with Crippen molar-refractivity contribution < 1.29 is 14.9 Å². The van der Waals surface area contributed by atoms with Crippen LogP contribution in [0, 0.1) is 5.41 Å². The van der Waals surface area contributed by atoms with Crippen molar-refractivity contribution in [2.75, 3.05) is 26.2 Å². The highest BCUT2D eigenvalue weighted by Gasteiger charge is 2.55. The van der Waals surface area contributed by atoms with E-state index in [2.05, 4.69) is 4.90 Å².